The Morgan fingerprint density at radius 3 is 2.40 bits per heavy atom. The van der Waals surface area contributed by atoms with Crippen LogP contribution in [-0.2, 0) is 4.79 Å². The van der Waals surface area contributed by atoms with Crippen LogP contribution in [0.5, 0.6) is 0 Å². The summed E-state index contributed by atoms with van der Waals surface area (Å²) in [4.78, 5) is 25.3. The van der Waals surface area contributed by atoms with E-state index in [1.54, 1.807) is 0 Å². The smallest absolute Gasteiger partial charge is 0.269 e. The quantitative estimate of drug-likeness (QED) is 0.465. The number of rotatable bonds is 4. The summed E-state index contributed by atoms with van der Waals surface area (Å²) in [5.41, 5.74) is 4.18. The summed E-state index contributed by atoms with van der Waals surface area (Å²) in [6.45, 7) is 3.12. The second-order valence-electron chi connectivity index (χ2n) is 2.58. The van der Waals surface area contributed by atoms with Gasteiger partial charge in [-0.25, -0.2) is 0 Å². The van der Waals surface area contributed by atoms with Gasteiger partial charge >= 0.3 is 0 Å². The van der Waals surface area contributed by atoms with Gasteiger partial charge in [0.15, 0.2) is 0 Å². The molecule has 0 saturated carbocycles. The molecule has 1 aromatic heterocycles. The third kappa shape index (κ3) is 3.11. The van der Waals surface area contributed by atoms with E-state index in [0.717, 1.165) is 0 Å². The molecule has 0 unspecified atom stereocenters. The Morgan fingerprint density at radius 1 is 1.27 bits per heavy atom. The monoisotopic (exact) mass is 206 g/mol. The summed E-state index contributed by atoms with van der Waals surface area (Å²) in [7, 11) is 0. The van der Waals surface area contributed by atoms with E-state index < -0.39 is 17.6 Å². The maximum Gasteiger partial charge on any atom is 0.269 e. The van der Waals surface area contributed by atoms with Gasteiger partial charge in [-0.15, -0.1) is 0 Å². The van der Waals surface area contributed by atoms with Crippen molar-refractivity contribution in [2.24, 2.45) is 0 Å². The highest BCUT2D eigenvalue weighted by molar-refractivity contribution is 5.94. The molecule has 1 heterocycles. The molecule has 1 amide bonds. The van der Waals surface area contributed by atoms with Crippen molar-refractivity contribution in [3.63, 3.8) is 0 Å². The molecule has 0 aliphatic carbocycles. The molecule has 6 heteroatoms. The van der Waals surface area contributed by atoms with E-state index in [1.807, 2.05) is 0 Å². The highest BCUT2D eigenvalue weighted by atomic mass is 16.4. The van der Waals surface area contributed by atoms with Crippen molar-refractivity contribution in [3.8, 4) is 0 Å². The Labute approximate surface area is 85.6 Å². The lowest BCUT2D eigenvalue weighted by atomic mass is 10.3. The summed E-state index contributed by atoms with van der Waals surface area (Å²) in [5.74, 6) is -1.97. The summed E-state index contributed by atoms with van der Waals surface area (Å²) in [6, 6.07) is 2.97. The maximum absolute atomic E-state index is 11.3. The molecular formula is C9H8N3O3-. The lowest BCUT2D eigenvalue weighted by Gasteiger charge is -2.10. The van der Waals surface area contributed by atoms with E-state index in [9.17, 15) is 14.7 Å². The van der Waals surface area contributed by atoms with Gasteiger partial charge in [0.2, 0.25) is 0 Å². The molecule has 0 fully saturated rings. The van der Waals surface area contributed by atoms with E-state index in [0.29, 0.717) is 5.56 Å². The number of aliphatic carboxylic acids is 1. The van der Waals surface area contributed by atoms with Crippen molar-refractivity contribution in [3.05, 3.63) is 42.4 Å². The predicted octanol–water partition coefficient (Wildman–Crippen LogP) is -1.42. The van der Waals surface area contributed by atoms with E-state index in [4.69, 9.17) is 0 Å². The number of hydrazine groups is 1. The lowest BCUT2D eigenvalue weighted by molar-refractivity contribution is -0.299. The zero-order valence-corrected chi connectivity index (χ0v) is 7.69. The summed E-state index contributed by atoms with van der Waals surface area (Å²) < 4.78 is 0. The van der Waals surface area contributed by atoms with E-state index in [2.05, 4.69) is 22.4 Å². The molecule has 2 N–H and O–H groups in total. The van der Waals surface area contributed by atoms with Crippen LogP contribution < -0.4 is 16.0 Å². The molecule has 0 aromatic carbocycles. The minimum atomic E-state index is -1.48. The van der Waals surface area contributed by atoms with Crippen LogP contribution in [0, 0.1) is 0 Å². The standard InChI is InChI=1S/C9H9N3O3/c1-6(9(14)15)11-12-8(13)7-2-4-10-5-3-7/h2-5,11H,1H2,(H,12,13)(H,14,15)/p-1. The summed E-state index contributed by atoms with van der Waals surface area (Å²) in [5, 5.41) is 10.2. The zero-order valence-electron chi connectivity index (χ0n) is 7.69. The van der Waals surface area contributed by atoms with Crippen LogP contribution in [0.25, 0.3) is 0 Å². The number of carbonyl (C=O) groups is 2. The average molecular weight is 206 g/mol. The minimum absolute atomic E-state index is 0.351. The first-order valence-corrected chi connectivity index (χ1v) is 3.98. The van der Waals surface area contributed by atoms with Gasteiger partial charge in [-0.2, -0.15) is 0 Å². The van der Waals surface area contributed by atoms with Crippen LogP contribution in [0.3, 0.4) is 0 Å². The highest BCUT2D eigenvalue weighted by Gasteiger charge is 2.03. The fourth-order valence-corrected chi connectivity index (χ4v) is 0.759. The molecule has 0 aliphatic rings. The Balaban J connectivity index is 2.51. The molecule has 6 nitrogen and oxygen atoms in total. The molecule has 0 saturated heterocycles. The van der Waals surface area contributed by atoms with Crippen molar-refractivity contribution < 1.29 is 14.7 Å². The van der Waals surface area contributed by atoms with Gasteiger partial charge < -0.3 is 9.90 Å². The Morgan fingerprint density at radius 2 is 1.87 bits per heavy atom. The van der Waals surface area contributed by atoms with Crippen LogP contribution >= 0.6 is 0 Å². The van der Waals surface area contributed by atoms with Crippen molar-refractivity contribution in [2.45, 2.75) is 0 Å². The van der Waals surface area contributed by atoms with Crippen LogP contribution in [-0.4, -0.2) is 16.9 Å². The lowest BCUT2D eigenvalue weighted by Crippen LogP contribution is -2.42. The second-order valence-corrected chi connectivity index (χ2v) is 2.58. The van der Waals surface area contributed by atoms with Gasteiger partial charge in [0.25, 0.3) is 5.91 Å². The number of carbonyl (C=O) groups excluding carboxylic acids is 2. The molecule has 1 aromatic rings. The molecular weight excluding hydrogens is 198 g/mol. The van der Waals surface area contributed by atoms with Crippen molar-refractivity contribution in [1.29, 1.82) is 0 Å². The Kier molecular flexibility index (Phi) is 3.39. The summed E-state index contributed by atoms with van der Waals surface area (Å²) in [6.07, 6.45) is 2.89. The highest BCUT2D eigenvalue weighted by Crippen LogP contribution is 1.94. The number of carboxylic acid groups (broad SMARTS) is 1. The van der Waals surface area contributed by atoms with Gasteiger partial charge in [-0.1, -0.05) is 6.58 Å². The molecule has 0 atom stereocenters. The number of hydrogen-bond acceptors (Lipinski definition) is 5. The van der Waals surface area contributed by atoms with Crippen molar-refractivity contribution >= 4 is 11.9 Å². The zero-order chi connectivity index (χ0) is 11.3. The normalized spacial score (nSPS) is 9.07. The number of nitrogens with one attached hydrogen (secondary N) is 2. The Hall–Kier alpha value is -2.37. The fourth-order valence-electron chi connectivity index (χ4n) is 0.759. The molecule has 0 bridgehead atoms. The average Bonchev–Trinajstić information content (AvgIpc) is 2.26. The predicted molar refractivity (Wildman–Crippen MR) is 49.0 cm³/mol. The third-order valence-electron chi connectivity index (χ3n) is 1.52. The number of nitrogens with zero attached hydrogens (tertiary/aromatic N) is 1. The number of pyridine rings is 1. The number of hydrogen-bond donors (Lipinski definition) is 2. The van der Waals surface area contributed by atoms with Crippen LogP contribution in [0.15, 0.2) is 36.8 Å². The van der Waals surface area contributed by atoms with Gasteiger partial charge in [-0.05, 0) is 12.1 Å². The van der Waals surface area contributed by atoms with Gasteiger partial charge in [0.05, 0.1) is 11.7 Å². The molecule has 0 radical (unpaired) electrons. The van der Waals surface area contributed by atoms with E-state index in [-0.39, 0.29) is 0 Å². The van der Waals surface area contributed by atoms with E-state index in [1.165, 1.54) is 24.5 Å². The van der Waals surface area contributed by atoms with Crippen LogP contribution in [0.1, 0.15) is 10.4 Å². The summed E-state index contributed by atoms with van der Waals surface area (Å²) >= 11 is 0. The van der Waals surface area contributed by atoms with Gasteiger partial charge in [0.1, 0.15) is 0 Å². The van der Waals surface area contributed by atoms with Crippen LogP contribution in [0.4, 0.5) is 0 Å². The Bertz CT molecular complexity index is 389. The number of aromatic nitrogens is 1. The van der Waals surface area contributed by atoms with E-state index >= 15 is 0 Å². The third-order valence-corrected chi connectivity index (χ3v) is 1.52. The largest absolute Gasteiger partial charge is 0.543 e. The van der Waals surface area contributed by atoms with Crippen molar-refractivity contribution in [2.75, 3.05) is 0 Å². The first-order chi connectivity index (χ1) is 7.11. The van der Waals surface area contributed by atoms with Crippen LogP contribution in [0.2, 0.25) is 0 Å². The fraction of sp³-hybridized carbons (Fsp3) is 0. The molecule has 1 rings (SSSR count). The minimum Gasteiger partial charge on any atom is -0.543 e. The topological polar surface area (TPSA) is 94.2 Å². The SMILES string of the molecule is C=C(NNC(=O)c1ccncc1)C(=O)[O-]. The number of amides is 1. The molecule has 0 aliphatic heterocycles. The molecule has 0 spiro atoms. The second kappa shape index (κ2) is 4.75. The molecule has 15 heavy (non-hydrogen) atoms. The number of carboxylic acids is 1. The first kappa shape index (κ1) is 10.7. The van der Waals surface area contributed by atoms with Gasteiger partial charge in [0, 0.05) is 18.0 Å². The molecule has 78 valence electrons. The van der Waals surface area contributed by atoms with Crippen molar-refractivity contribution in [1.82, 2.24) is 15.8 Å². The maximum atomic E-state index is 11.3. The van der Waals surface area contributed by atoms with Gasteiger partial charge in [-0.3, -0.25) is 20.6 Å². The first-order valence-electron chi connectivity index (χ1n) is 3.98.